The van der Waals surface area contributed by atoms with Gasteiger partial charge in [-0.1, -0.05) is 12.8 Å². The first-order valence-electron chi connectivity index (χ1n) is 7.39. The molecule has 0 aliphatic heterocycles. The van der Waals surface area contributed by atoms with E-state index < -0.39 is 0 Å². The van der Waals surface area contributed by atoms with Gasteiger partial charge in [0.05, 0.1) is 6.10 Å². The lowest BCUT2D eigenvalue weighted by Gasteiger charge is -2.54. The molecule has 20 heavy (non-hydrogen) atoms. The molecule has 5 nitrogen and oxygen atoms in total. The van der Waals surface area contributed by atoms with E-state index in [4.69, 9.17) is 10.00 Å². The van der Waals surface area contributed by atoms with E-state index in [9.17, 15) is 0 Å². The van der Waals surface area contributed by atoms with Gasteiger partial charge in [-0.05, 0) is 26.2 Å². The molecule has 2 aliphatic rings. The van der Waals surface area contributed by atoms with Gasteiger partial charge >= 0.3 is 0 Å². The molecule has 2 atom stereocenters. The first-order valence-corrected chi connectivity index (χ1v) is 7.39. The molecule has 3 rings (SSSR count). The zero-order chi connectivity index (χ0) is 14.0. The van der Waals surface area contributed by atoms with E-state index in [-0.39, 0.29) is 5.41 Å². The van der Waals surface area contributed by atoms with E-state index in [1.165, 1.54) is 25.7 Å². The van der Waals surface area contributed by atoms with Gasteiger partial charge in [-0.25, -0.2) is 9.97 Å². The first kappa shape index (κ1) is 13.3. The summed E-state index contributed by atoms with van der Waals surface area (Å²) >= 11 is 0. The van der Waals surface area contributed by atoms with Crippen molar-refractivity contribution in [2.45, 2.75) is 51.2 Å². The summed E-state index contributed by atoms with van der Waals surface area (Å²) < 4.78 is 5.90. The summed E-state index contributed by atoms with van der Waals surface area (Å²) in [5.74, 6) is 0.612. The van der Waals surface area contributed by atoms with Gasteiger partial charge in [0.1, 0.15) is 6.07 Å². The maximum Gasteiger partial charge on any atom is 0.182 e. The number of nitrogens with zero attached hydrogens (tertiary/aromatic N) is 3. The highest BCUT2D eigenvalue weighted by atomic mass is 16.5. The predicted octanol–water partition coefficient (Wildman–Crippen LogP) is 2.50. The Morgan fingerprint density at radius 2 is 2.15 bits per heavy atom. The number of anilines is 1. The molecular weight excluding hydrogens is 252 g/mol. The highest BCUT2D eigenvalue weighted by Crippen LogP contribution is 2.55. The standard InChI is InChI=1S/C15H20N4O/c1-2-20-13-9-12(15(13)5-3-4-6-15)19-14-11(10-16)17-7-8-18-14/h7-8,12-13H,2-6,9H2,1H3,(H,18,19). The van der Waals surface area contributed by atoms with Crippen molar-refractivity contribution in [2.75, 3.05) is 11.9 Å². The van der Waals surface area contributed by atoms with E-state index in [0.717, 1.165) is 13.0 Å². The van der Waals surface area contributed by atoms with Crippen molar-refractivity contribution in [1.82, 2.24) is 9.97 Å². The first-order chi connectivity index (χ1) is 9.80. The molecule has 1 aromatic rings. The van der Waals surface area contributed by atoms with Gasteiger partial charge < -0.3 is 10.1 Å². The summed E-state index contributed by atoms with van der Waals surface area (Å²) in [7, 11) is 0. The van der Waals surface area contributed by atoms with Crippen molar-refractivity contribution in [3.63, 3.8) is 0 Å². The van der Waals surface area contributed by atoms with Crippen molar-refractivity contribution < 1.29 is 4.74 Å². The van der Waals surface area contributed by atoms with Crippen molar-refractivity contribution in [2.24, 2.45) is 5.41 Å². The predicted molar refractivity (Wildman–Crippen MR) is 75.1 cm³/mol. The van der Waals surface area contributed by atoms with Crippen molar-refractivity contribution >= 4 is 5.82 Å². The Kier molecular flexibility index (Phi) is 3.58. The summed E-state index contributed by atoms with van der Waals surface area (Å²) in [5.41, 5.74) is 0.612. The van der Waals surface area contributed by atoms with Crippen LogP contribution in [0.1, 0.15) is 44.7 Å². The number of hydrogen-bond acceptors (Lipinski definition) is 5. The van der Waals surface area contributed by atoms with Crippen molar-refractivity contribution in [1.29, 1.82) is 5.26 Å². The molecule has 106 valence electrons. The molecule has 0 amide bonds. The molecular formula is C15H20N4O. The maximum atomic E-state index is 9.10. The summed E-state index contributed by atoms with van der Waals surface area (Å²) in [6.45, 7) is 2.83. The Morgan fingerprint density at radius 1 is 1.40 bits per heavy atom. The minimum absolute atomic E-state index is 0.236. The quantitative estimate of drug-likeness (QED) is 0.911. The van der Waals surface area contributed by atoms with Crippen LogP contribution in [-0.2, 0) is 4.74 Å². The van der Waals surface area contributed by atoms with Crippen LogP contribution in [0.25, 0.3) is 0 Å². The van der Waals surface area contributed by atoms with Crippen molar-refractivity contribution in [3.05, 3.63) is 18.1 Å². The lowest BCUT2D eigenvalue weighted by Crippen LogP contribution is -2.60. The fourth-order valence-electron chi connectivity index (χ4n) is 3.78. The van der Waals surface area contributed by atoms with Crippen LogP contribution in [0.2, 0.25) is 0 Å². The second-order valence-corrected chi connectivity index (χ2v) is 5.68. The van der Waals surface area contributed by atoms with Gasteiger partial charge in [-0.2, -0.15) is 5.26 Å². The Hall–Kier alpha value is -1.67. The lowest BCUT2D eigenvalue weighted by atomic mass is 9.60. The molecule has 0 saturated heterocycles. The molecule has 2 saturated carbocycles. The normalized spacial score (nSPS) is 27.0. The Balaban J connectivity index is 1.77. The summed E-state index contributed by atoms with van der Waals surface area (Å²) in [6.07, 6.45) is 9.49. The number of nitriles is 1. The van der Waals surface area contributed by atoms with E-state index in [0.29, 0.717) is 23.7 Å². The smallest absolute Gasteiger partial charge is 0.182 e. The fraction of sp³-hybridized carbons (Fsp3) is 0.667. The number of aromatic nitrogens is 2. The highest BCUT2D eigenvalue weighted by Gasteiger charge is 2.56. The Bertz CT molecular complexity index is 519. The number of nitrogens with one attached hydrogen (secondary N) is 1. The summed E-state index contributed by atoms with van der Waals surface area (Å²) in [6, 6.07) is 2.45. The molecule has 2 aliphatic carbocycles. The minimum atomic E-state index is 0.236. The average molecular weight is 272 g/mol. The van der Waals surface area contributed by atoms with Gasteiger partial charge in [-0.3, -0.25) is 0 Å². The fourth-order valence-corrected chi connectivity index (χ4v) is 3.78. The monoisotopic (exact) mass is 272 g/mol. The van der Waals surface area contributed by atoms with E-state index in [1.807, 2.05) is 0 Å². The second-order valence-electron chi connectivity index (χ2n) is 5.68. The second kappa shape index (κ2) is 5.37. The van der Waals surface area contributed by atoms with E-state index >= 15 is 0 Å². The zero-order valence-electron chi connectivity index (χ0n) is 11.8. The van der Waals surface area contributed by atoms with Gasteiger partial charge in [0.15, 0.2) is 11.5 Å². The molecule has 1 aromatic heterocycles. The molecule has 0 aromatic carbocycles. The van der Waals surface area contributed by atoms with E-state index in [1.54, 1.807) is 12.4 Å². The molecule has 5 heteroatoms. The molecule has 0 bridgehead atoms. The third-order valence-corrected chi connectivity index (χ3v) is 4.80. The van der Waals surface area contributed by atoms with Crippen LogP contribution in [0, 0.1) is 16.7 Å². The van der Waals surface area contributed by atoms with Gasteiger partial charge in [0, 0.05) is 30.5 Å². The lowest BCUT2D eigenvalue weighted by molar-refractivity contribution is -0.114. The Labute approximate surface area is 119 Å². The number of hydrogen-bond donors (Lipinski definition) is 1. The third-order valence-electron chi connectivity index (χ3n) is 4.80. The van der Waals surface area contributed by atoms with Crippen LogP contribution in [0.4, 0.5) is 5.82 Å². The van der Waals surface area contributed by atoms with Crippen molar-refractivity contribution in [3.8, 4) is 6.07 Å². The SMILES string of the molecule is CCOC1CC(Nc2nccnc2C#N)C12CCCC2. The van der Waals surface area contributed by atoms with Gasteiger partial charge in [-0.15, -0.1) is 0 Å². The van der Waals surface area contributed by atoms with Crippen LogP contribution in [0.5, 0.6) is 0 Å². The third kappa shape index (κ3) is 2.04. The molecule has 1 spiro atoms. The molecule has 2 unspecified atom stereocenters. The zero-order valence-corrected chi connectivity index (χ0v) is 11.8. The summed E-state index contributed by atoms with van der Waals surface area (Å²) in [5, 5.41) is 12.5. The molecule has 2 fully saturated rings. The van der Waals surface area contributed by atoms with E-state index in [2.05, 4.69) is 28.3 Å². The molecule has 1 N–H and O–H groups in total. The number of rotatable bonds is 4. The minimum Gasteiger partial charge on any atom is -0.378 e. The molecule has 1 heterocycles. The Morgan fingerprint density at radius 3 is 2.85 bits per heavy atom. The largest absolute Gasteiger partial charge is 0.378 e. The number of ether oxygens (including phenoxy) is 1. The van der Waals surface area contributed by atoms with Crippen LogP contribution in [-0.4, -0.2) is 28.7 Å². The average Bonchev–Trinajstić information content (AvgIpc) is 2.99. The van der Waals surface area contributed by atoms with Gasteiger partial charge in [0.25, 0.3) is 0 Å². The van der Waals surface area contributed by atoms with Crippen LogP contribution >= 0.6 is 0 Å². The molecule has 0 radical (unpaired) electrons. The van der Waals surface area contributed by atoms with Crippen LogP contribution in [0.15, 0.2) is 12.4 Å². The van der Waals surface area contributed by atoms with Gasteiger partial charge in [0.2, 0.25) is 0 Å². The van der Waals surface area contributed by atoms with Crippen LogP contribution < -0.4 is 5.32 Å². The summed E-state index contributed by atoms with van der Waals surface area (Å²) in [4.78, 5) is 8.32. The highest BCUT2D eigenvalue weighted by molar-refractivity contribution is 5.48. The topological polar surface area (TPSA) is 70.8 Å². The van der Waals surface area contributed by atoms with Crippen LogP contribution in [0.3, 0.4) is 0 Å². The maximum absolute atomic E-state index is 9.10.